The molecule has 19 heavy (non-hydrogen) atoms. The van der Waals surface area contributed by atoms with Gasteiger partial charge in [0.2, 0.25) is 0 Å². The highest BCUT2D eigenvalue weighted by Crippen LogP contribution is 2.08. The molecule has 2 N–H and O–H groups in total. The molecule has 0 aromatic heterocycles. The Morgan fingerprint density at radius 3 is 2.47 bits per heavy atom. The van der Waals surface area contributed by atoms with E-state index in [0.29, 0.717) is 19.1 Å². The molecule has 0 aromatic rings. The normalized spacial score (nSPS) is 18.6. The fourth-order valence-electron chi connectivity index (χ4n) is 1.62. The molecule has 1 saturated heterocycles. The summed E-state index contributed by atoms with van der Waals surface area (Å²) in [6.45, 7) is 7.69. The molecular weight excluding hydrogens is 248 g/mol. The van der Waals surface area contributed by atoms with Crippen LogP contribution in [-0.4, -0.2) is 44.4 Å². The number of hydrogen-bond donors (Lipinski definition) is 2. The summed E-state index contributed by atoms with van der Waals surface area (Å²) in [5.41, 5.74) is -0.413. The van der Waals surface area contributed by atoms with Crippen molar-refractivity contribution >= 4 is 12.6 Å². The number of methoxy groups -OCH3 is 1. The second-order valence-electron chi connectivity index (χ2n) is 5.36. The first kappa shape index (κ1) is 17.7. The smallest absolute Gasteiger partial charge is 0.407 e. The summed E-state index contributed by atoms with van der Waals surface area (Å²) in [5.74, 6) is 0. The van der Waals surface area contributed by atoms with Crippen molar-refractivity contribution in [3.8, 4) is 0 Å². The monoisotopic (exact) mass is 274 g/mol. The van der Waals surface area contributed by atoms with Gasteiger partial charge in [-0.1, -0.05) is 6.42 Å². The summed E-state index contributed by atoms with van der Waals surface area (Å²) in [5, 5.41) is 6.15. The van der Waals surface area contributed by atoms with Gasteiger partial charge in [-0.15, -0.1) is 0 Å². The largest absolute Gasteiger partial charge is 0.471 e. The molecule has 1 aliphatic heterocycles. The van der Waals surface area contributed by atoms with E-state index in [1.54, 1.807) is 0 Å². The standard InChI is InChI=1S/C11H22N2O2.C2H4O2/c1-11(2,3)15-10(14)13-8-9-6-4-5-7-12-9;1-4-2-3/h9,12H,4-8H2,1-3H3,(H,13,14);2H,1H3. The molecule has 0 aromatic carbocycles. The third-order valence-corrected chi connectivity index (χ3v) is 2.40. The van der Waals surface area contributed by atoms with Crippen LogP contribution >= 0.6 is 0 Å². The Morgan fingerprint density at radius 2 is 2.05 bits per heavy atom. The lowest BCUT2D eigenvalue weighted by Gasteiger charge is -2.25. The van der Waals surface area contributed by atoms with E-state index in [4.69, 9.17) is 9.53 Å². The lowest BCUT2D eigenvalue weighted by molar-refractivity contribution is -0.126. The quantitative estimate of drug-likeness (QED) is 0.762. The molecule has 1 fully saturated rings. The molecule has 0 bridgehead atoms. The maximum Gasteiger partial charge on any atom is 0.407 e. The zero-order valence-corrected chi connectivity index (χ0v) is 12.3. The zero-order valence-electron chi connectivity index (χ0n) is 12.3. The first-order chi connectivity index (χ1) is 8.89. The van der Waals surface area contributed by atoms with Crippen molar-refractivity contribution < 1.29 is 19.1 Å². The third kappa shape index (κ3) is 11.5. The van der Waals surface area contributed by atoms with E-state index >= 15 is 0 Å². The summed E-state index contributed by atoms with van der Waals surface area (Å²) in [6.07, 6.45) is 3.29. The van der Waals surface area contributed by atoms with E-state index < -0.39 is 5.60 Å². The zero-order chi connectivity index (χ0) is 14.7. The van der Waals surface area contributed by atoms with Gasteiger partial charge < -0.3 is 20.1 Å². The minimum atomic E-state index is -0.413. The van der Waals surface area contributed by atoms with Gasteiger partial charge in [0.1, 0.15) is 5.60 Å². The van der Waals surface area contributed by atoms with E-state index in [1.807, 2.05) is 20.8 Å². The lowest BCUT2D eigenvalue weighted by atomic mass is 10.1. The van der Waals surface area contributed by atoms with Crippen molar-refractivity contribution in [2.75, 3.05) is 20.2 Å². The molecule has 0 radical (unpaired) electrons. The number of alkyl carbamates (subject to hydrolysis) is 1. The van der Waals surface area contributed by atoms with Gasteiger partial charge in [-0.25, -0.2) is 4.79 Å². The fraction of sp³-hybridized carbons (Fsp3) is 0.846. The minimum absolute atomic E-state index is 0.324. The summed E-state index contributed by atoms with van der Waals surface area (Å²) >= 11 is 0. The van der Waals surface area contributed by atoms with Crippen molar-refractivity contribution in [1.82, 2.24) is 10.6 Å². The van der Waals surface area contributed by atoms with Crippen molar-refractivity contribution in [1.29, 1.82) is 0 Å². The van der Waals surface area contributed by atoms with E-state index in [2.05, 4.69) is 15.4 Å². The Labute approximate surface area is 115 Å². The highest BCUT2D eigenvalue weighted by atomic mass is 16.6. The number of ether oxygens (including phenoxy) is 2. The predicted molar refractivity (Wildman–Crippen MR) is 73.0 cm³/mol. The van der Waals surface area contributed by atoms with Crippen molar-refractivity contribution in [2.45, 2.75) is 51.7 Å². The summed E-state index contributed by atoms with van der Waals surface area (Å²) in [4.78, 5) is 20.3. The Morgan fingerprint density at radius 1 is 1.42 bits per heavy atom. The molecular formula is C13H26N2O4. The van der Waals surface area contributed by atoms with E-state index in [1.165, 1.54) is 20.0 Å². The van der Waals surface area contributed by atoms with Crippen molar-refractivity contribution in [3.05, 3.63) is 0 Å². The topological polar surface area (TPSA) is 76.7 Å². The first-order valence-electron chi connectivity index (χ1n) is 6.55. The average Bonchev–Trinajstić information content (AvgIpc) is 2.36. The van der Waals surface area contributed by atoms with Gasteiger partial charge in [-0.3, -0.25) is 4.79 Å². The summed E-state index contributed by atoms with van der Waals surface area (Å²) in [6, 6.07) is 0.409. The number of hydrogen-bond acceptors (Lipinski definition) is 5. The molecule has 0 saturated carbocycles. The lowest BCUT2D eigenvalue weighted by Crippen LogP contribution is -2.44. The number of carbonyl (C=O) groups is 2. The van der Waals surface area contributed by atoms with Gasteiger partial charge in [-0.2, -0.15) is 0 Å². The van der Waals surface area contributed by atoms with E-state index in [-0.39, 0.29) is 6.09 Å². The number of rotatable bonds is 3. The number of nitrogens with one attached hydrogen (secondary N) is 2. The van der Waals surface area contributed by atoms with Gasteiger partial charge in [0.15, 0.2) is 0 Å². The van der Waals surface area contributed by atoms with Gasteiger partial charge in [-0.05, 0) is 40.2 Å². The van der Waals surface area contributed by atoms with Crippen LogP contribution < -0.4 is 10.6 Å². The second kappa shape index (κ2) is 9.61. The van der Waals surface area contributed by atoms with Crippen LogP contribution in [0.25, 0.3) is 0 Å². The highest BCUT2D eigenvalue weighted by Gasteiger charge is 2.18. The van der Waals surface area contributed by atoms with Gasteiger partial charge in [0, 0.05) is 12.6 Å². The number of carbonyl (C=O) groups excluding carboxylic acids is 2. The summed E-state index contributed by atoms with van der Waals surface area (Å²) < 4.78 is 9.01. The molecule has 1 unspecified atom stereocenters. The van der Waals surface area contributed by atoms with Gasteiger partial charge >= 0.3 is 6.09 Å². The second-order valence-corrected chi connectivity index (χ2v) is 5.36. The molecule has 6 nitrogen and oxygen atoms in total. The maximum absolute atomic E-state index is 11.3. The first-order valence-corrected chi connectivity index (χ1v) is 6.55. The van der Waals surface area contributed by atoms with Crippen LogP contribution in [0.5, 0.6) is 0 Å². The highest BCUT2D eigenvalue weighted by molar-refractivity contribution is 5.67. The molecule has 6 heteroatoms. The Kier molecular flexibility index (Phi) is 8.95. The molecule has 1 rings (SSSR count). The van der Waals surface area contributed by atoms with Gasteiger partial charge in [0.25, 0.3) is 6.47 Å². The Hall–Kier alpha value is -1.30. The van der Waals surface area contributed by atoms with Crippen LogP contribution in [0.15, 0.2) is 0 Å². The Balaban J connectivity index is 0.000000711. The molecule has 1 aliphatic rings. The Bertz CT molecular complexity index is 258. The van der Waals surface area contributed by atoms with Crippen LogP contribution in [0.1, 0.15) is 40.0 Å². The summed E-state index contributed by atoms with van der Waals surface area (Å²) in [7, 11) is 1.31. The number of piperidine rings is 1. The molecule has 1 amide bonds. The molecule has 0 aliphatic carbocycles. The molecule has 1 atom stereocenters. The maximum atomic E-state index is 11.3. The molecule has 0 spiro atoms. The average molecular weight is 274 g/mol. The van der Waals surface area contributed by atoms with Crippen LogP contribution in [0.2, 0.25) is 0 Å². The third-order valence-electron chi connectivity index (χ3n) is 2.40. The van der Waals surface area contributed by atoms with E-state index in [9.17, 15) is 4.79 Å². The van der Waals surface area contributed by atoms with Crippen molar-refractivity contribution in [3.63, 3.8) is 0 Å². The number of amides is 1. The van der Waals surface area contributed by atoms with Crippen LogP contribution in [0, 0.1) is 0 Å². The van der Waals surface area contributed by atoms with Crippen molar-refractivity contribution in [2.24, 2.45) is 0 Å². The molecule has 1 heterocycles. The minimum Gasteiger partial charge on any atom is -0.471 e. The molecule has 112 valence electrons. The fourth-order valence-corrected chi connectivity index (χ4v) is 1.62. The van der Waals surface area contributed by atoms with E-state index in [0.717, 1.165) is 13.0 Å². The van der Waals surface area contributed by atoms with Gasteiger partial charge in [0.05, 0.1) is 7.11 Å². The van der Waals surface area contributed by atoms with Crippen LogP contribution in [-0.2, 0) is 14.3 Å². The predicted octanol–water partition coefficient (Wildman–Crippen LogP) is 1.44. The van der Waals surface area contributed by atoms with Crippen LogP contribution in [0.4, 0.5) is 4.79 Å². The van der Waals surface area contributed by atoms with Crippen LogP contribution in [0.3, 0.4) is 0 Å². The SMILES string of the molecule is CC(C)(C)OC(=O)NCC1CCCCN1.COC=O.